The van der Waals surface area contributed by atoms with Crippen LogP contribution in [0.15, 0.2) is 30.0 Å². The highest BCUT2D eigenvalue weighted by atomic mass is 16.5. The molecule has 1 rings (SSSR count). The van der Waals surface area contributed by atoms with Gasteiger partial charge in [0.25, 0.3) is 0 Å². The Bertz CT molecular complexity index is 486. The molecule has 0 unspecified atom stereocenters. The van der Waals surface area contributed by atoms with Crippen molar-refractivity contribution in [1.82, 2.24) is 0 Å². The molecule has 0 saturated heterocycles. The highest BCUT2D eigenvalue weighted by Crippen LogP contribution is 2.14. The fourth-order valence-electron chi connectivity index (χ4n) is 1.36. The van der Waals surface area contributed by atoms with Gasteiger partial charge >= 0.3 is 5.97 Å². The molecular formula is C13H14O4. The first kappa shape index (κ1) is 13.0. The van der Waals surface area contributed by atoms with Crippen LogP contribution in [0.3, 0.4) is 0 Å². The second kappa shape index (κ2) is 5.30. The van der Waals surface area contributed by atoms with E-state index in [1.54, 1.807) is 18.2 Å². The first-order valence-electron chi connectivity index (χ1n) is 5.05. The van der Waals surface area contributed by atoms with Crippen molar-refractivity contribution in [2.45, 2.75) is 13.8 Å². The number of carbonyl (C=O) groups excluding carboxylic acids is 1. The van der Waals surface area contributed by atoms with E-state index in [4.69, 9.17) is 5.11 Å². The molecule has 4 nitrogen and oxygen atoms in total. The number of carboxylic acids is 1. The summed E-state index contributed by atoms with van der Waals surface area (Å²) in [5.41, 5.74) is 1.96. The number of aryl methyl sites for hydroxylation is 2. The minimum atomic E-state index is -1.30. The van der Waals surface area contributed by atoms with Crippen molar-refractivity contribution in [3.05, 3.63) is 46.7 Å². The van der Waals surface area contributed by atoms with Crippen LogP contribution in [0.1, 0.15) is 21.5 Å². The van der Waals surface area contributed by atoms with Gasteiger partial charge in [-0.05, 0) is 31.0 Å². The van der Waals surface area contributed by atoms with Gasteiger partial charge in [-0.2, -0.15) is 0 Å². The lowest BCUT2D eigenvalue weighted by Crippen LogP contribution is -2.13. The molecule has 0 fully saturated rings. The topological polar surface area (TPSA) is 63.6 Å². The van der Waals surface area contributed by atoms with Gasteiger partial charge in [-0.1, -0.05) is 12.1 Å². The molecule has 90 valence electrons. The standard InChI is InChI=1S/C13H14O4/c1-8-4-5-10(6-9(8)2)12(14)11(7-17-3)13(15)16/h4-7H,1-3H3,(H,15,16). The molecule has 0 aliphatic heterocycles. The summed E-state index contributed by atoms with van der Waals surface area (Å²) in [6.07, 6.45) is 0.944. The highest BCUT2D eigenvalue weighted by Gasteiger charge is 2.19. The maximum Gasteiger partial charge on any atom is 0.342 e. The van der Waals surface area contributed by atoms with Crippen LogP contribution in [0.4, 0.5) is 0 Å². The summed E-state index contributed by atoms with van der Waals surface area (Å²) < 4.78 is 4.60. The normalized spacial score (nSPS) is 11.1. The van der Waals surface area contributed by atoms with Crippen LogP contribution in [0.25, 0.3) is 0 Å². The van der Waals surface area contributed by atoms with Crippen LogP contribution >= 0.6 is 0 Å². The number of aliphatic carboxylic acids is 1. The van der Waals surface area contributed by atoms with Gasteiger partial charge in [-0.3, -0.25) is 4.79 Å². The Morgan fingerprint density at radius 1 is 1.24 bits per heavy atom. The van der Waals surface area contributed by atoms with Crippen LogP contribution in [-0.2, 0) is 9.53 Å². The molecule has 0 bridgehead atoms. The number of carboxylic acid groups (broad SMARTS) is 1. The van der Waals surface area contributed by atoms with Crippen LogP contribution in [0.5, 0.6) is 0 Å². The Kier molecular flexibility index (Phi) is 4.04. The van der Waals surface area contributed by atoms with E-state index in [-0.39, 0.29) is 5.57 Å². The van der Waals surface area contributed by atoms with E-state index in [1.165, 1.54) is 7.11 Å². The lowest BCUT2D eigenvalue weighted by molar-refractivity contribution is -0.132. The molecule has 0 aromatic heterocycles. The molecule has 0 aliphatic rings. The molecule has 0 atom stereocenters. The van der Waals surface area contributed by atoms with Gasteiger partial charge in [0.15, 0.2) is 0 Å². The SMILES string of the molecule is COC=C(C(=O)O)C(=O)c1ccc(C)c(C)c1. The molecule has 17 heavy (non-hydrogen) atoms. The Balaban J connectivity index is 3.15. The zero-order valence-electron chi connectivity index (χ0n) is 9.98. The van der Waals surface area contributed by atoms with Crippen molar-refractivity contribution in [3.8, 4) is 0 Å². The molecule has 4 heteroatoms. The van der Waals surface area contributed by atoms with Crippen LogP contribution in [0, 0.1) is 13.8 Å². The van der Waals surface area contributed by atoms with Crippen molar-refractivity contribution < 1.29 is 19.4 Å². The number of hydrogen-bond acceptors (Lipinski definition) is 3. The Morgan fingerprint density at radius 2 is 1.88 bits per heavy atom. The van der Waals surface area contributed by atoms with E-state index >= 15 is 0 Å². The highest BCUT2D eigenvalue weighted by molar-refractivity contribution is 6.23. The summed E-state index contributed by atoms with van der Waals surface area (Å²) in [6.45, 7) is 3.79. The predicted molar refractivity (Wildman–Crippen MR) is 63.0 cm³/mol. The fourth-order valence-corrected chi connectivity index (χ4v) is 1.36. The number of benzene rings is 1. The van der Waals surface area contributed by atoms with Crippen LogP contribution in [0.2, 0.25) is 0 Å². The number of ketones is 1. The van der Waals surface area contributed by atoms with Gasteiger partial charge in [0.05, 0.1) is 7.11 Å². The number of Topliss-reactive ketones (excluding diaryl/α,β-unsaturated/α-hetero) is 1. The molecule has 1 aromatic carbocycles. The maximum atomic E-state index is 11.9. The summed E-state index contributed by atoms with van der Waals surface area (Å²) in [4.78, 5) is 22.8. The summed E-state index contributed by atoms with van der Waals surface area (Å²) in [7, 11) is 1.30. The quantitative estimate of drug-likeness (QED) is 0.285. The van der Waals surface area contributed by atoms with Gasteiger partial charge in [0.1, 0.15) is 11.8 Å². The average molecular weight is 234 g/mol. The van der Waals surface area contributed by atoms with Crippen molar-refractivity contribution in [2.75, 3.05) is 7.11 Å². The second-order valence-electron chi connectivity index (χ2n) is 3.70. The summed E-state index contributed by atoms with van der Waals surface area (Å²) in [6, 6.07) is 5.07. The molecule has 0 spiro atoms. The fraction of sp³-hybridized carbons (Fsp3) is 0.231. The van der Waals surface area contributed by atoms with Crippen LogP contribution < -0.4 is 0 Å². The zero-order valence-corrected chi connectivity index (χ0v) is 9.98. The number of ether oxygens (including phenoxy) is 1. The van der Waals surface area contributed by atoms with Gasteiger partial charge in [0, 0.05) is 5.56 Å². The monoisotopic (exact) mass is 234 g/mol. The smallest absolute Gasteiger partial charge is 0.342 e. The third-order valence-corrected chi connectivity index (χ3v) is 2.48. The Morgan fingerprint density at radius 3 is 2.35 bits per heavy atom. The summed E-state index contributed by atoms with van der Waals surface area (Å²) >= 11 is 0. The molecule has 0 radical (unpaired) electrons. The molecule has 0 aliphatic carbocycles. The summed E-state index contributed by atoms with van der Waals surface area (Å²) in [5.74, 6) is -1.85. The van der Waals surface area contributed by atoms with E-state index < -0.39 is 11.8 Å². The lowest BCUT2D eigenvalue weighted by Gasteiger charge is -2.05. The number of hydrogen-bond donors (Lipinski definition) is 1. The van der Waals surface area contributed by atoms with Crippen molar-refractivity contribution >= 4 is 11.8 Å². The summed E-state index contributed by atoms with van der Waals surface area (Å²) in [5, 5.41) is 8.89. The molecule has 1 aromatic rings. The van der Waals surface area contributed by atoms with Gasteiger partial charge in [-0.15, -0.1) is 0 Å². The third kappa shape index (κ3) is 2.93. The first-order chi connectivity index (χ1) is 7.97. The minimum absolute atomic E-state index is 0.346. The van der Waals surface area contributed by atoms with E-state index in [0.29, 0.717) is 5.56 Å². The van der Waals surface area contributed by atoms with E-state index in [2.05, 4.69) is 4.74 Å². The van der Waals surface area contributed by atoms with Crippen molar-refractivity contribution in [2.24, 2.45) is 0 Å². The van der Waals surface area contributed by atoms with Crippen LogP contribution in [-0.4, -0.2) is 24.0 Å². The number of rotatable bonds is 4. The van der Waals surface area contributed by atoms with Gasteiger partial charge < -0.3 is 9.84 Å². The molecule has 0 saturated carbocycles. The minimum Gasteiger partial charge on any atom is -0.503 e. The molecular weight excluding hydrogens is 220 g/mol. The van der Waals surface area contributed by atoms with Gasteiger partial charge in [-0.25, -0.2) is 4.79 Å². The van der Waals surface area contributed by atoms with E-state index in [1.807, 2.05) is 13.8 Å². The molecule has 1 N–H and O–H groups in total. The molecule has 0 amide bonds. The Labute approximate surface area is 99.5 Å². The van der Waals surface area contributed by atoms with Gasteiger partial charge in [0.2, 0.25) is 5.78 Å². The number of methoxy groups -OCH3 is 1. The van der Waals surface area contributed by atoms with E-state index in [9.17, 15) is 9.59 Å². The van der Waals surface area contributed by atoms with Crippen molar-refractivity contribution in [3.63, 3.8) is 0 Å². The largest absolute Gasteiger partial charge is 0.503 e. The Hall–Kier alpha value is -2.10. The lowest BCUT2D eigenvalue weighted by atomic mass is 10.00. The maximum absolute atomic E-state index is 11.9. The molecule has 0 heterocycles. The van der Waals surface area contributed by atoms with E-state index in [0.717, 1.165) is 17.4 Å². The number of carbonyl (C=O) groups is 2. The third-order valence-electron chi connectivity index (χ3n) is 2.48. The zero-order chi connectivity index (χ0) is 13.0. The second-order valence-corrected chi connectivity index (χ2v) is 3.70. The van der Waals surface area contributed by atoms with Crippen molar-refractivity contribution in [1.29, 1.82) is 0 Å². The average Bonchev–Trinajstić information content (AvgIpc) is 2.28. The first-order valence-corrected chi connectivity index (χ1v) is 5.05. The predicted octanol–water partition coefficient (Wildman–Crippen LogP) is 2.10.